The highest BCUT2D eigenvalue weighted by molar-refractivity contribution is 6.49. The molecule has 0 saturated carbocycles. The van der Waals surface area contributed by atoms with E-state index in [1.807, 2.05) is 26.0 Å². The van der Waals surface area contributed by atoms with E-state index in [2.05, 4.69) is 15.5 Å². The molecule has 10 nitrogen and oxygen atoms in total. The number of benzene rings is 2. The Labute approximate surface area is 238 Å². The number of anilines is 2. The standard InChI is InChI=1S/C29H33ClN4O6/c1-8-34(9-2)18-10-12-20(22(14-18)31-17(4)35)32-21-15-23(26(36)25(30)16(21)3)33-29(37)19-11-13-24(38-5)28(40-7)27(19)39-6/h10-15H,8-9H2,1-7H3,(H,31,35)(H,33,37)/b32-21+. The van der Waals surface area contributed by atoms with Crippen LogP contribution in [0.4, 0.5) is 17.1 Å². The molecule has 0 spiro atoms. The molecule has 1 aliphatic carbocycles. The van der Waals surface area contributed by atoms with Crippen LogP contribution in [0.5, 0.6) is 17.2 Å². The molecule has 212 valence electrons. The number of nitrogens with zero attached hydrogens (tertiary/aromatic N) is 2. The van der Waals surface area contributed by atoms with Crippen LogP contribution in [0.2, 0.25) is 0 Å². The Kier molecular flexibility index (Phi) is 9.95. The fraction of sp³-hybridized carbons (Fsp3) is 0.310. The number of rotatable bonds is 10. The Morgan fingerprint density at radius 2 is 1.65 bits per heavy atom. The summed E-state index contributed by atoms with van der Waals surface area (Å²) in [6.07, 6.45) is 1.45. The van der Waals surface area contributed by atoms with Gasteiger partial charge in [-0.2, -0.15) is 0 Å². The fourth-order valence-electron chi connectivity index (χ4n) is 4.22. The summed E-state index contributed by atoms with van der Waals surface area (Å²) in [6.45, 7) is 8.75. The average molecular weight is 569 g/mol. The van der Waals surface area contributed by atoms with Gasteiger partial charge in [-0.3, -0.25) is 14.4 Å². The van der Waals surface area contributed by atoms with Gasteiger partial charge >= 0.3 is 0 Å². The van der Waals surface area contributed by atoms with Crippen LogP contribution in [0.1, 0.15) is 38.1 Å². The Bertz CT molecular complexity index is 1430. The molecule has 2 aromatic carbocycles. The number of methoxy groups -OCH3 is 3. The molecule has 2 amide bonds. The molecule has 0 bridgehead atoms. The number of carbonyl (C=O) groups is 3. The number of halogens is 1. The predicted molar refractivity (Wildman–Crippen MR) is 157 cm³/mol. The number of aliphatic imine (C=N–C) groups is 1. The number of carbonyl (C=O) groups excluding carboxylic acids is 3. The van der Waals surface area contributed by atoms with E-state index >= 15 is 0 Å². The molecule has 11 heteroatoms. The smallest absolute Gasteiger partial charge is 0.259 e. The third-order valence-corrected chi connectivity index (χ3v) is 6.75. The summed E-state index contributed by atoms with van der Waals surface area (Å²) in [7, 11) is 4.29. The molecule has 0 aromatic heterocycles. The molecule has 0 saturated heterocycles. The van der Waals surface area contributed by atoms with Crippen molar-refractivity contribution in [3.8, 4) is 17.2 Å². The monoisotopic (exact) mass is 568 g/mol. The van der Waals surface area contributed by atoms with Gasteiger partial charge in [0.2, 0.25) is 17.4 Å². The second-order valence-corrected chi connectivity index (χ2v) is 9.09. The highest BCUT2D eigenvalue weighted by atomic mass is 35.5. The summed E-state index contributed by atoms with van der Waals surface area (Å²) in [4.78, 5) is 45.1. The Balaban J connectivity index is 2.05. The maximum Gasteiger partial charge on any atom is 0.259 e. The van der Waals surface area contributed by atoms with Crippen LogP contribution in [0.3, 0.4) is 0 Å². The van der Waals surface area contributed by atoms with Crippen molar-refractivity contribution in [2.24, 2.45) is 4.99 Å². The molecule has 40 heavy (non-hydrogen) atoms. The number of ether oxygens (including phenoxy) is 3. The lowest BCUT2D eigenvalue weighted by atomic mass is 10.0. The van der Waals surface area contributed by atoms with E-state index in [9.17, 15) is 14.4 Å². The SMILES string of the molecule is CCN(CC)c1ccc(/N=C2\C=C(NC(=O)c3ccc(OC)c(OC)c3OC)C(=O)C(Cl)=C2C)c(NC(C)=O)c1. The number of hydrogen-bond acceptors (Lipinski definition) is 8. The van der Waals surface area contributed by atoms with Crippen LogP contribution in [0.15, 0.2) is 57.7 Å². The second-order valence-electron chi connectivity index (χ2n) is 8.71. The van der Waals surface area contributed by atoms with Crippen molar-refractivity contribution in [1.82, 2.24) is 5.32 Å². The van der Waals surface area contributed by atoms with Crippen LogP contribution >= 0.6 is 11.6 Å². The summed E-state index contributed by atoms with van der Waals surface area (Å²) < 4.78 is 16.0. The van der Waals surface area contributed by atoms with Gasteiger partial charge in [0.1, 0.15) is 0 Å². The number of nitrogens with one attached hydrogen (secondary N) is 2. The van der Waals surface area contributed by atoms with Gasteiger partial charge < -0.3 is 29.7 Å². The van der Waals surface area contributed by atoms with Crippen LogP contribution in [-0.4, -0.2) is 57.7 Å². The maximum absolute atomic E-state index is 13.3. The van der Waals surface area contributed by atoms with Gasteiger partial charge in [-0.15, -0.1) is 0 Å². The van der Waals surface area contributed by atoms with Crippen LogP contribution in [0, 0.1) is 0 Å². The minimum atomic E-state index is -0.622. The van der Waals surface area contributed by atoms with Crippen LogP contribution < -0.4 is 29.7 Å². The van der Waals surface area contributed by atoms with Crippen molar-refractivity contribution in [1.29, 1.82) is 0 Å². The van der Waals surface area contributed by atoms with Crippen molar-refractivity contribution in [3.63, 3.8) is 0 Å². The third-order valence-electron chi connectivity index (χ3n) is 6.30. The Hall–Kier alpha value is -4.31. The number of hydrogen-bond donors (Lipinski definition) is 2. The zero-order chi connectivity index (χ0) is 29.6. The van der Waals surface area contributed by atoms with Gasteiger partial charge in [0.05, 0.1) is 54.7 Å². The first kappa shape index (κ1) is 30.2. The quantitative estimate of drug-likeness (QED) is 0.387. The molecule has 0 fully saturated rings. The number of allylic oxidation sites excluding steroid dienone is 3. The van der Waals surface area contributed by atoms with E-state index in [4.69, 9.17) is 30.8 Å². The van der Waals surface area contributed by atoms with E-state index in [1.54, 1.807) is 19.1 Å². The summed E-state index contributed by atoms with van der Waals surface area (Å²) in [6, 6.07) is 8.59. The van der Waals surface area contributed by atoms with E-state index < -0.39 is 11.7 Å². The lowest BCUT2D eigenvalue weighted by Crippen LogP contribution is -2.31. The number of ketones is 1. The van der Waals surface area contributed by atoms with Crippen molar-refractivity contribution in [3.05, 3.63) is 58.3 Å². The third kappa shape index (κ3) is 6.28. The molecular formula is C29H33ClN4O6. The summed E-state index contributed by atoms with van der Waals surface area (Å²) in [5.74, 6) is -0.691. The number of Topliss-reactive ketones (excluding diaryl/α,β-unsaturated/α-hetero) is 1. The van der Waals surface area contributed by atoms with Gasteiger partial charge in [0.25, 0.3) is 5.91 Å². The van der Waals surface area contributed by atoms with E-state index in [0.717, 1.165) is 18.8 Å². The molecule has 1 aliphatic rings. The number of amides is 2. The fourth-order valence-corrected chi connectivity index (χ4v) is 4.42. The highest BCUT2D eigenvalue weighted by Crippen LogP contribution is 2.40. The van der Waals surface area contributed by atoms with Crippen molar-refractivity contribution in [2.45, 2.75) is 27.7 Å². The first-order valence-corrected chi connectivity index (χ1v) is 13.0. The molecule has 0 unspecified atom stereocenters. The van der Waals surface area contributed by atoms with Gasteiger partial charge in [-0.25, -0.2) is 4.99 Å². The van der Waals surface area contributed by atoms with Crippen molar-refractivity contribution < 1.29 is 28.6 Å². The van der Waals surface area contributed by atoms with E-state index in [1.165, 1.54) is 40.4 Å². The zero-order valence-electron chi connectivity index (χ0n) is 23.6. The molecular weight excluding hydrogens is 536 g/mol. The molecule has 3 rings (SSSR count). The molecule has 0 atom stereocenters. The topological polar surface area (TPSA) is 119 Å². The van der Waals surface area contributed by atoms with Gasteiger partial charge in [0.15, 0.2) is 11.5 Å². The van der Waals surface area contributed by atoms with Crippen molar-refractivity contribution in [2.75, 3.05) is 44.6 Å². The lowest BCUT2D eigenvalue weighted by Gasteiger charge is -2.22. The van der Waals surface area contributed by atoms with Gasteiger partial charge in [-0.1, -0.05) is 11.6 Å². The van der Waals surface area contributed by atoms with Gasteiger partial charge in [-0.05, 0) is 62.8 Å². The van der Waals surface area contributed by atoms with E-state index in [-0.39, 0.29) is 33.7 Å². The summed E-state index contributed by atoms with van der Waals surface area (Å²) in [5.41, 5.74) is 2.71. The second kappa shape index (κ2) is 13.2. The van der Waals surface area contributed by atoms with E-state index in [0.29, 0.717) is 28.4 Å². The van der Waals surface area contributed by atoms with Gasteiger partial charge in [0, 0.05) is 25.7 Å². The normalized spacial score (nSPS) is 14.1. The first-order chi connectivity index (χ1) is 19.1. The molecule has 2 N–H and O–H groups in total. The highest BCUT2D eigenvalue weighted by Gasteiger charge is 2.28. The Morgan fingerprint density at radius 3 is 2.23 bits per heavy atom. The largest absolute Gasteiger partial charge is 0.493 e. The summed E-state index contributed by atoms with van der Waals surface area (Å²) in [5, 5.41) is 5.36. The van der Waals surface area contributed by atoms with Crippen LogP contribution in [0.25, 0.3) is 0 Å². The van der Waals surface area contributed by atoms with Crippen molar-refractivity contribution >= 4 is 52.0 Å². The predicted octanol–water partition coefficient (Wildman–Crippen LogP) is 5.00. The average Bonchev–Trinajstić information content (AvgIpc) is 2.94. The molecule has 0 aliphatic heterocycles. The molecule has 2 aromatic rings. The molecule has 0 heterocycles. The molecule has 0 radical (unpaired) electrons. The maximum atomic E-state index is 13.3. The minimum absolute atomic E-state index is 0.0722. The minimum Gasteiger partial charge on any atom is -0.493 e. The Morgan fingerprint density at radius 1 is 0.975 bits per heavy atom. The zero-order valence-corrected chi connectivity index (χ0v) is 24.4. The first-order valence-electron chi connectivity index (χ1n) is 12.6. The van der Waals surface area contributed by atoms with Crippen LogP contribution in [-0.2, 0) is 9.59 Å². The lowest BCUT2D eigenvalue weighted by molar-refractivity contribution is -0.114. The summed E-state index contributed by atoms with van der Waals surface area (Å²) >= 11 is 6.40.